The van der Waals surface area contributed by atoms with Crippen LogP contribution in [0.1, 0.15) is 43.5 Å². The first-order valence-corrected chi connectivity index (χ1v) is 6.31. The Morgan fingerprint density at radius 2 is 2.47 bits per heavy atom. The van der Waals surface area contributed by atoms with Crippen LogP contribution in [0.3, 0.4) is 0 Å². The Balaban J connectivity index is 2.00. The van der Waals surface area contributed by atoms with Crippen molar-refractivity contribution in [1.29, 1.82) is 0 Å². The van der Waals surface area contributed by atoms with Crippen LogP contribution >= 0.6 is 0 Å². The normalized spacial score (nSPS) is 18.8. The molecule has 1 atom stereocenters. The predicted octanol–water partition coefficient (Wildman–Crippen LogP) is 1.78. The summed E-state index contributed by atoms with van der Waals surface area (Å²) in [5.41, 5.74) is 8.61. The first-order chi connectivity index (χ1) is 8.22. The number of carbonyl (C=O) groups excluding carboxylic acids is 1. The van der Waals surface area contributed by atoms with E-state index in [1.54, 1.807) is 0 Å². The summed E-state index contributed by atoms with van der Waals surface area (Å²) >= 11 is 0. The maximum atomic E-state index is 11.3. The Kier molecular flexibility index (Phi) is 3.84. The van der Waals surface area contributed by atoms with Gasteiger partial charge in [0.05, 0.1) is 13.0 Å². The van der Waals surface area contributed by atoms with E-state index in [4.69, 9.17) is 10.5 Å². The zero-order chi connectivity index (χ0) is 12.3. The van der Waals surface area contributed by atoms with E-state index in [1.165, 1.54) is 11.3 Å². The van der Waals surface area contributed by atoms with Gasteiger partial charge in [0, 0.05) is 24.5 Å². The first kappa shape index (κ1) is 12.2. The quantitative estimate of drug-likeness (QED) is 0.811. The topological polar surface area (TPSA) is 57.2 Å². The summed E-state index contributed by atoms with van der Waals surface area (Å²) in [6.45, 7) is 2.98. The Labute approximate surface area is 102 Å². The molecule has 1 aliphatic carbocycles. The molecule has 0 bridgehead atoms. The van der Waals surface area contributed by atoms with Gasteiger partial charge in [-0.1, -0.05) is 0 Å². The lowest BCUT2D eigenvalue weighted by Crippen LogP contribution is -2.19. The van der Waals surface area contributed by atoms with E-state index < -0.39 is 0 Å². The predicted molar refractivity (Wildman–Crippen MR) is 65.5 cm³/mol. The third-order valence-electron chi connectivity index (χ3n) is 3.30. The highest BCUT2D eigenvalue weighted by molar-refractivity contribution is 5.69. The fourth-order valence-corrected chi connectivity index (χ4v) is 2.45. The molecule has 1 aliphatic rings. The van der Waals surface area contributed by atoms with Crippen molar-refractivity contribution in [3.05, 3.63) is 23.5 Å². The molecule has 0 spiro atoms. The molecule has 4 heteroatoms. The third kappa shape index (κ3) is 2.69. The zero-order valence-electron chi connectivity index (χ0n) is 10.3. The second kappa shape index (κ2) is 5.36. The highest BCUT2D eigenvalue weighted by Gasteiger charge is 2.20. The molecule has 1 aromatic heterocycles. The molecule has 0 aromatic carbocycles. The van der Waals surface area contributed by atoms with Gasteiger partial charge in [0.25, 0.3) is 0 Å². The smallest absolute Gasteiger partial charge is 0.307 e. The molecule has 2 N–H and O–H groups in total. The summed E-state index contributed by atoms with van der Waals surface area (Å²) in [5, 5.41) is 0. The maximum absolute atomic E-state index is 11.3. The molecule has 2 rings (SSSR count). The van der Waals surface area contributed by atoms with Crippen LogP contribution in [0.4, 0.5) is 0 Å². The Morgan fingerprint density at radius 3 is 3.24 bits per heavy atom. The van der Waals surface area contributed by atoms with Crippen LogP contribution in [0, 0.1) is 0 Å². The Morgan fingerprint density at radius 1 is 1.65 bits per heavy atom. The number of carbonyl (C=O) groups is 1. The number of fused-ring (bicyclic) bond motifs is 1. The van der Waals surface area contributed by atoms with Gasteiger partial charge in [-0.15, -0.1) is 0 Å². The monoisotopic (exact) mass is 236 g/mol. The van der Waals surface area contributed by atoms with E-state index in [1.807, 2.05) is 13.1 Å². The number of rotatable bonds is 4. The van der Waals surface area contributed by atoms with Gasteiger partial charge in [-0.3, -0.25) is 4.79 Å². The molecule has 1 heterocycles. The first-order valence-electron chi connectivity index (χ1n) is 6.31. The standard InChI is InChI=1S/C13H20N2O2/c1-2-17-13(16)7-9-15-8-6-10-11(14)4-3-5-12(10)15/h6,8,11H,2-5,7,9,14H2,1H3. The van der Waals surface area contributed by atoms with Crippen LogP contribution in [-0.4, -0.2) is 17.1 Å². The zero-order valence-corrected chi connectivity index (χ0v) is 10.3. The van der Waals surface area contributed by atoms with Crippen LogP contribution in [-0.2, 0) is 22.5 Å². The van der Waals surface area contributed by atoms with E-state index >= 15 is 0 Å². The molecule has 4 nitrogen and oxygen atoms in total. The van der Waals surface area contributed by atoms with Crippen LogP contribution in [0.15, 0.2) is 12.3 Å². The maximum Gasteiger partial charge on any atom is 0.307 e. The molecule has 1 aromatic rings. The largest absolute Gasteiger partial charge is 0.466 e. The van der Waals surface area contributed by atoms with Gasteiger partial charge >= 0.3 is 5.97 Å². The van der Waals surface area contributed by atoms with Gasteiger partial charge in [0.1, 0.15) is 0 Å². The van der Waals surface area contributed by atoms with Gasteiger partial charge in [-0.25, -0.2) is 0 Å². The number of esters is 1. The van der Waals surface area contributed by atoms with E-state index in [0.717, 1.165) is 19.3 Å². The Hall–Kier alpha value is -1.29. The summed E-state index contributed by atoms with van der Waals surface area (Å²) in [6, 6.07) is 2.26. The van der Waals surface area contributed by atoms with Crippen molar-refractivity contribution in [2.24, 2.45) is 5.73 Å². The number of ether oxygens (including phenoxy) is 1. The average molecular weight is 236 g/mol. The summed E-state index contributed by atoms with van der Waals surface area (Å²) < 4.78 is 7.07. The molecule has 1 unspecified atom stereocenters. The number of aromatic nitrogens is 1. The lowest BCUT2D eigenvalue weighted by molar-refractivity contribution is -0.143. The highest BCUT2D eigenvalue weighted by atomic mass is 16.5. The van der Waals surface area contributed by atoms with E-state index in [9.17, 15) is 4.79 Å². The number of nitrogens with zero attached hydrogens (tertiary/aromatic N) is 1. The third-order valence-corrected chi connectivity index (χ3v) is 3.30. The minimum absolute atomic E-state index is 0.130. The fourth-order valence-electron chi connectivity index (χ4n) is 2.45. The summed E-state index contributed by atoms with van der Waals surface area (Å²) in [7, 11) is 0. The minimum atomic E-state index is -0.130. The molecule has 94 valence electrons. The minimum Gasteiger partial charge on any atom is -0.466 e. The Bertz CT molecular complexity index is 398. The number of hydrogen-bond donors (Lipinski definition) is 1. The second-order valence-corrected chi connectivity index (χ2v) is 4.46. The lowest BCUT2D eigenvalue weighted by Gasteiger charge is -2.20. The summed E-state index contributed by atoms with van der Waals surface area (Å²) in [5.74, 6) is -0.130. The molecule has 17 heavy (non-hydrogen) atoms. The highest BCUT2D eigenvalue weighted by Crippen LogP contribution is 2.28. The fraction of sp³-hybridized carbons (Fsp3) is 0.615. The van der Waals surface area contributed by atoms with Crippen LogP contribution in [0.2, 0.25) is 0 Å². The van der Waals surface area contributed by atoms with Gasteiger partial charge in [-0.2, -0.15) is 0 Å². The van der Waals surface area contributed by atoms with Crippen LogP contribution < -0.4 is 5.73 Å². The molecular weight excluding hydrogens is 216 g/mol. The van der Waals surface area contributed by atoms with Gasteiger partial charge in [0.15, 0.2) is 0 Å². The molecule has 0 amide bonds. The molecule has 0 fully saturated rings. The van der Waals surface area contributed by atoms with E-state index in [2.05, 4.69) is 10.6 Å². The van der Waals surface area contributed by atoms with Crippen molar-refractivity contribution < 1.29 is 9.53 Å². The summed E-state index contributed by atoms with van der Waals surface area (Å²) in [6.07, 6.45) is 5.74. The summed E-state index contributed by atoms with van der Waals surface area (Å²) in [4.78, 5) is 11.3. The second-order valence-electron chi connectivity index (χ2n) is 4.46. The molecule has 0 saturated heterocycles. The van der Waals surface area contributed by atoms with E-state index in [-0.39, 0.29) is 12.0 Å². The average Bonchev–Trinajstić information content (AvgIpc) is 2.72. The van der Waals surface area contributed by atoms with Crippen molar-refractivity contribution in [2.45, 2.75) is 45.2 Å². The SMILES string of the molecule is CCOC(=O)CCn1ccc2c1CCCC2N. The van der Waals surface area contributed by atoms with Crippen molar-refractivity contribution in [2.75, 3.05) is 6.61 Å². The van der Waals surface area contributed by atoms with Crippen LogP contribution in [0.25, 0.3) is 0 Å². The molecule has 0 saturated carbocycles. The van der Waals surface area contributed by atoms with Gasteiger partial charge in [-0.05, 0) is 37.8 Å². The van der Waals surface area contributed by atoms with Crippen LogP contribution in [0.5, 0.6) is 0 Å². The number of nitrogens with two attached hydrogens (primary N) is 1. The van der Waals surface area contributed by atoms with Gasteiger partial charge < -0.3 is 15.0 Å². The van der Waals surface area contributed by atoms with Crippen molar-refractivity contribution in [3.63, 3.8) is 0 Å². The lowest BCUT2D eigenvalue weighted by atomic mass is 9.94. The number of hydrogen-bond acceptors (Lipinski definition) is 3. The van der Waals surface area contributed by atoms with Crippen molar-refractivity contribution in [1.82, 2.24) is 4.57 Å². The van der Waals surface area contributed by atoms with Gasteiger partial charge in [0.2, 0.25) is 0 Å². The van der Waals surface area contributed by atoms with Crippen molar-refractivity contribution >= 4 is 5.97 Å². The van der Waals surface area contributed by atoms with Crippen molar-refractivity contribution in [3.8, 4) is 0 Å². The molecule has 0 radical (unpaired) electrons. The number of aryl methyl sites for hydroxylation is 1. The molecule has 0 aliphatic heterocycles. The molecular formula is C13H20N2O2. The van der Waals surface area contributed by atoms with E-state index in [0.29, 0.717) is 19.6 Å².